The highest BCUT2D eigenvalue weighted by Crippen LogP contribution is 2.44. The molecule has 2 aromatic carbocycles. The van der Waals surface area contributed by atoms with Gasteiger partial charge < -0.3 is 0 Å². The van der Waals surface area contributed by atoms with Crippen molar-refractivity contribution in [1.82, 2.24) is 0 Å². The van der Waals surface area contributed by atoms with Crippen LogP contribution >= 0.6 is 0 Å². The van der Waals surface area contributed by atoms with Crippen LogP contribution in [-0.4, -0.2) is 0 Å². The molecule has 0 heterocycles. The fraction of sp³-hybridized carbons (Fsp3) is 0.613. The molecule has 0 amide bonds. The van der Waals surface area contributed by atoms with E-state index < -0.39 is 11.6 Å². The Morgan fingerprint density at radius 3 is 1.76 bits per heavy atom. The van der Waals surface area contributed by atoms with Gasteiger partial charge >= 0.3 is 0 Å². The normalized spacial score (nSPS) is 25.4. The number of hydrogen-bond acceptors (Lipinski definition) is 0. The molecule has 0 saturated heterocycles. The first-order valence-corrected chi connectivity index (χ1v) is 13.8. The first-order valence-electron chi connectivity index (χ1n) is 13.8. The summed E-state index contributed by atoms with van der Waals surface area (Å²) in [6.07, 6.45) is 12.9. The Hall–Kier alpha value is -1.77. The SMILES string of the molecule is CCCCc1ccc(C2CCC(c3ccc(C4CCC(CCC)CC4)c(F)c3F)CC2)cc1F. The van der Waals surface area contributed by atoms with Gasteiger partial charge in [-0.1, -0.05) is 57.4 Å². The molecule has 0 aliphatic heterocycles. The summed E-state index contributed by atoms with van der Waals surface area (Å²) in [5.74, 6) is -0.0655. The van der Waals surface area contributed by atoms with E-state index in [1.54, 1.807) is 6.07 Å². The highest BCUT2D eigenvalue weighted by molar-refractivity contribution is 5.33. The van der Waals surface area contributed by atoms with Gasteiger partial charge in [0.05, 0.1) is 0 Å². The molecule has 0 nitrogen and oxygen atoms in total. The molecular formula is C31H41F3. The predicted molar refractivity (Wildman–Crippen MR) is 135 cm³/mol. The molecule has 2 fully saturated rings. The fourth-order valence-corrected chi connectivity index (χ4v) is 6.51. The number of unbranched alkanes of at least 4 members (excludes halogenated alkanes) is 1. The molecule has 0 N–H and O–H groups in total. The Labute approximate surface area is 204 Å². The van der Waals surface area contributed by atoms with Gasteiger partial charge in [0.15, 0.2) is 11.6 Å². The zero-order chi connectivity index (χ0) is 24.1. The summed E-state index contributed by atoms with van der Waals surface area (Å²) in [5.41, 5.74) is 2.98. The minimum absolute atomic E-state index is 0.0498. The third-order valence-electron chi connectivity index (χ3n) is 8.64. The van der Waals surface area contributed by atoms with Crippen molar-refractivity contribution in [2.24, 2.45) is 5.92 Å². The maximum atomic E-state index is 15.2. The summed E-state index contributed by atoms with van der Waals surface area (Å²) in [7, 11) is 0. The van der Waals surface area contributed by atoms with Crippen molar-refractivity contribution in [3.05, 3.63) is 70.0 Å². The smallest absolute Gasteiger partial charge is 0.162 e. The summed E-state index contributed by atoms with van der Waals surface area (Å²) in [6.45, 7) is 4.33. The third kappa shape index (κ3) is 5.71. The van der Waals surface area contributed by atoms with E-state index in [9.17, 15) is 4.39 Å². The van der Waals surface area contributed by atoms with Crippen molar-refractivity contribution < 1.29 is 13.2 Å². The molecule has 0 aromatic heterocycles. The third-order valence-corrected chi connectivity index (χ3v) is 8.64. The van der Waals surface area contributed by atoms with E-state index in [4.69, 9.17) is 0 Å². The highest BCUT2D eigenvalue weighted by Gasteiger charge is 2.30. The lowest BCUT2D eigenvalue weighted by molar-refractivity contribution is 0.302. The van der Waals surface area contributed by atoms with E-state index in [1.807, 2.05) is 18.2 Å². The van der Waals surface area contributed by atoms with Gasteiger partial charge in [-0.2, -0.15) is 0 Å². The van der Waals surface area contributed by atoms with Crippen LogP contribution in [0.2, 0.25) is 0 Å². The van der Waals surface area contributed by atoms with Gasteiger partial charge in [-0.25, -0.2) is 13.2 Å². The fourth-order valence-electron chi connectivity index (χ4n) is 6.51. The van der Waals surface area contributed by atoms with Crippen LogP contribution in [0.1, 0.15) is 131 Å². The quantitative estimate of drug-likeness (QED) is 0.360. The summed E-state index contributed by atoms with van der Waals surface area (Å²) < 4.78 is 44.9. The van der Waals surface area contributed by atoms with Crippen LogP contribution in [0.5, 0.6) is 0 Å². The van der Waals surface area contributed by atoms with Crippen molar-refractivity contribution in [3.63, 3.8) is 0 Å². The first-order chi connectivity index (χ1) is 16.5. The van der Waals surface area contributed by atoms with Crippen molar-refractivity contribution in [2.75, 3.05) is 0 Å². The lowest BCUT2D eigenvalue weighted by atomic mass is 9.74. The molecule has 186 valence electrons. The molecule has 2 aliphatic rings. The van der Waals surface area contributed by atoms with E-state index in [1.165, 1.54) is 12.8 Å². The van der Waals surface area contributed by atoms with Crippen LogP contribution in [0.3, 0.4) is 0 Å². The highest BCUT2D eigenvalue weighted by atomic mass is 19.2. The molecule has 34 heavy (non-hydrogen) atoms. The van der Waals surface area contributed by atoms with Crippen molar-refractivity contribution in [2.45, 2.75) is 115 Å². The van der Waals surface area contributed by atoms with Crippen LogP contribution in [0.4, 0.5) is 13.2 Å². The minimum atomic E-state index is -0.622. The number of benzene rings is 2. The molecule has 0 radical (unpaired) electrons. The largest absolute Gasteiger partial charge is 0.207 e. The number of halogens is 3. The molecule has 4 rings (SSSR count). The van der Waals surface area contributed by atoms with Crippen molar-refractivity contribution >= 4 is 0 Å². The van der Waals surface area contributed by atoms with Gasteiger partial charge in [0.2, 0.25) is 0 Å². The molecule has 0 spiro atoms. The molecule has 2 saturated carbocycles. The van der Waals surface area contributed by atoms with E-state index >= 15 is 8.78 Å². The Morgan fingerprint density at radius 2 is 1.24 bits per heavy atom. The summed E-state index contributed by atoms with van der Waals surface area (Å²) in [5, 5.41) is 0. The Kier molecular flexibility index (Phi) is 8.77. The van der Waals surface area contributed by atoms with E-state index in [0.717, 1.165) is 87.7 Å². The summed E-state index contributed by atoms with van der Waals surface area (Å²) >= 11 is 0. The average Bonchev–Trinajstić information content (AvgIpc) is 2.86. The van der Waals surface area contributed by atoms with Crippen molar-refractivity contribution in [1.29, 1.82) is 0 Å². The maximum Gasteiger partial charge on any atom is 0.162 e. The van der Waals surface area contributed by atoms with Gasteiger partial charge in [0.1, 0.15) is 5.82 Å². The first kappa shape index (κ1) is 25.3. The topological polar surface area (TPSA) is 0 Å². The average molecular weight is 471 g/mol. The Balaban J connectivity index is 1.38. The predicted octanol–water partition coefficient (Wildman–Crippen LogP) is 9.96. The van der Waals surface area contributed by atoms with Crippen LogP contribution in [0.15, 0.2) is 30.3 Å². The van der Waals surface area contributed by atoms with Gasteiger partial charge in [-0.15, -0.1) is 0 Å². The van der Waals surface area contributed by atoms with Crippen LogP contribution < -0.4 is 0 Å². The molecule has 2 aliphatic carbocycles. The van der Waals surface area contributed by atoms with Gasteiger partial charge in [-0.05, 0) is 116 Å². The Morgan fingerprint density at radius 1 is 0.676 bits per heavy atom. The second kappa shape index (κ2) is 11.8. The molecule has 2 aromatic rings. The number of hydrogen-bond donors (Lipinski definition) is 0. The van der Waals surface area contributed by atoms with Gasteiger partial charge in [0, 0.05) is 0 Å². The Bertz CT molecular complexity index is 934. The molecule has 0 atom stereocenters. The lowest BCUT2D eigenvalue weighted by Gasteiger charge is -2.31. The van der Waals surface area contributed by atoms with E-state index in [-0.39, 0.29) is 17.7 Å². The second-order valence-electron chi connectivity index (χ2n) is 10.9. The minimum Gasteiger partial charge on any atom is -0.207 e. The van der Waals surface area contributed by atoms with Crippen LogP contribution in [0, 0.1) is 23.4 Å². The second-order valence-corrected chi connectivity index (χ2v) is 10.9. The van der Waals surface area contributed by atoms with Crippen molar-refractivity contribution in [3.8, 4) is 0 Å². The molecular weight excluding hydrogens is 429 g/mol. The van der Waals surface area contributed by atoms with Gasteiger partial charge in [0.25, 0.3) is 0 Å². The maximum absolute atomic E-state index is 15.2. The standard InChI is InChI=1S/C31H41F3/c1-3-5-7-25-16-17-26(20-29(25)32)22-12-14-24(15-13-22)28-19-18-27(30(33)31(28)34)23-10-8-21(6-4-2)9-11-23/h16-24H,3-15H2,1-2H3. The van der Waals surface area contributed by atoms with Crippen LogP contribution in [-0.2, 0) is 6.42 Å². The molecule has 0 bridgehead atoms. The summed E-state index contributed by atoms with van der Waals surface area (Å²) in [6, 6.07) is 9.45. The van der Waals surface area contributed by atoms with E-state index in [2.05, 4.69) is 19.9 Å². The van der Waals surface area contributed by atoms with E-state index in [0.29, 0.717) is 17.0 Å². The lowest BCUT2D eigenvalue weighted by Crippen LogP contribution is -2.17. The van der Waals surface area contributed by atoms with Gasteiger partial charge in [-0.3, -0.25) is 0 Å². The summed E-state index contributed by atoms with van der Waals surface area (Å²) in [4.78, 5) is 0. The molecule has 0 unspecified atom stereocenters. The number of rotatable bonds is 8. The van der Waals surface area contributed by atoms with Crippen LogP contribution in [0.25, 0.3) is 0 Å². The number of aryl methyl sites for hydroxylation is 1. The monoisotopic (exact) mass is 470 g/mol. The molecule has 3 heteroatoms. The zero-order valence-electron chi connectivity index (χ0n) is 21.0. The zero-order valence-corrected chi connectivity index (χ0v) is 21.0.